The SMILES string of the molecule is Br.O=c1cccccc1. The maximum atomic E-state index is 10.5. The lowest BCUT2D eigenvalue weighted by Gasteiger charge is -1.56. The summed E-state index contributed by atoms with van der Waals surface area (Å²) in [6.07, 6.45) is 0. The fraction of sp³-hybridized carbons (Fsp3) is 0. The summed E-state index contributed by atoms with van der Waals surface area (Å²) in [4.78, 5) is 10.5. The molecule has 2 heteroatoms. The normalized spacial score (nSPS) is 7.56. The van der Waals surface area contributed by atoms with Crippen molar-refractivity contribution in [1.82, 2.24) is 0 Å². The highest BCUT2D eigenvalue weighted by molar-refractivity contribution is 8.93. The molecule has 1 nitrogen and oxygen atoms in total. The van der Waals surface area contributed by atoms with E-state index in [1.54, 1.807) is 12.1 Å². The van der Waals surface area contributed by atoms with Gasteiger partial charge < -0.3 is 0 Å². The van der Waals surface area contributed by atoms with Crippen LogP contribution in [0, 0.1) is 0 Å². The molecule has 0 aliphatic carbocycles. The zero-order valence-electron chi connectivity index (χ0n) is 4.78. The second kappa shape index (κ2) is 4.27. The Morgan fingerprint density at radius 3 is 1.78 bits per heavy atom. The quantitative estimate of drug-likeness (QED) is 0.603. The molecule has 48 valence electrons. The monoisotopic (exact) mass is 186 g/mol. The minimum atomic E-state index is 0. The van der Waals surface area contributed by atoms with E-state index in [-0.39, 0.29) is 22.4 Å². The molecule has 0 unspecified atom stereocenters. The second-order valence-electron chi connectivity index (χ2n) is 1.51. The Balaban J connectivity index is 0.000000640. The summed E-state index contributed by atoms with van der Waals surface area (Å²) < 4.78 is 0. The van der Waals surface area contributed by atoms with Gasteiger partial charge in [0.1, 0.15) is 0 Å². The third kappa shape index (κ3) is 3.03. The minimum absolute atomic E-state index is 0. The van der Waals surface area contributed by atoms with Gasteiger partial charge in [-0.2, -0.15) is 0 Å². The first-order valence-corrected chi connectivity index (χ1v) is 2.45. The molecule has 0 spiro atoms. The Hall–Kier alpha value is -0.630. The Labute approximate surface area is 64.1 Å². The topological polar surface area (TPSA) is 17.1 Å². The Morgan fingerprint density at radius 1 is 0.889 bits per heavy atom. The second-order valence-corrected chi connectivity index (χ2v) is 1.51. The Kier molecular flexibility index (Phi) is 3.97. The van der Waals surface area contributed by atoms with E-state index in [4.69, 9.17) is 0 Å². The lowest BCUT2D eigenvalue weighted by atomic mass is 10.5. The molecule has 9 heavy (non-hydrogen) atoms. The molecule has 0 radical (unpaired) electrons. The van der Waals surface area contributed by atoms with Crippen LogP contribution in [0.5, 0.6) is 0 Å². The van der Waals surface area contributed by atoms with Crippen molar-refractivity contribution in [2.45, 2.75) is 0 Å². The standard InChI is InChI=1S/C7H6O.BrH/c8-7-5-3-1-2-4-6-7;/h1-6H;1H. The van der Waals surface area contributed by atoms with Crippen molar-refractivity contribution in [1.29, 1.82) is 0 Å². The van der Waals surface area contributed by atoms with Crippen LogP contribution in [-0.2, 0) is 0 Å². The lowest BCUT2D eigenvalue weighted by molar-refractivity contribution is 1.68. The van der Waals surface area contributed by atoms with Crippen LogP contribution in [0.1, 0.15) is 0 Å². The number of hydrogen-bond acceptors (Lipinski definition) is 1. The predicted octanol–water partition coefficient (Wildman–Crippen LogP) is 1.62. The van der Waals surface area contributed by atoms with Gasteiger partial charge in [0.25, 0.3) is 0 Å². The smallest absolute Gasteiger partial charge is 0.178 e. The predicted molar refractivity (Wildman–Crippen MR) is 43.0 cm³/mol. The minimum Gasteiger partial charge on any atom is -0.290 e. The van der Waals surface area contributed by atoms with Gasteiger partial charge in [-0.1, -0.05) is 24.3 Å². The molecule has 0 atom stereocenters. The van der Waals surface area contributed by atoms with E-state index >= 15 is 0 Å². The van der Waals surface area contributed by atoms with Gasteiger partial charge in [-0.05, 0) is 12.1 Å². The zero-order valence-corrected chi connectivity index (χ0v) is 6.49. The summed E-state index contributed by atoms with van der Waals surface area (Å²) in [5.41, 5.74) is 0.0509. The molecule has 0 aromatic heterocycles. The van der Waals surface area contributed by atoms with Crippen molar-refractivity contribution in [2.24, 2.45) is 0 Å². The van der Waals surface area contributed by atoms with E-state index in [0.717, 1.165) is 0 Å². The summed E-state index contributed by atoms with van der Waals surface area (Å²) in [7, 11) is 0. The largest absolute Gasteiger partial charge is 0.290 e. The van der Waals surface area contributed by atoms with Gasteiger partial charge in [-0.3, -0.25) is 4.79 Å². The molecule has 0 amide bonds. The maximum Gasteiger partial charge on any atom is 0.178 e. The van der Waals surface area contributed by atoms with Crippen molar-refractivity contribution < 1.29 is 0 Å². The zero-order chi connectivity index (χ0) is 5.82. The van der Waals surface area contributed by atoms with Gasteiger partial charge in [0.2, 0.25) is 0 Å². The summed E-state index contributed by atoms with van der Waals surface area (Å²) in [5.74, 6) is 0. The average Bonchev–Trinajstić information content (AvgIpc) is 1.94. The first kappa shape index (κ1) is 8.37. The lowest BCUT2D eigenvalue weighted by Crippen LogP contribution is -1.87. The highest BCUT2D eigenvalue weighted by Gasteiger charge is 1.69. The molecule has 0 N–H and O–H groups in total. The van der Waals surface area contributed by atoms with Gasteiger partial charge in [0.05, 0.1) is 0 Å². The summed E-state index contributed by atoms with van der Waals surface area (Å²) in [6, 6.07) is 10.1. The van der Waals surface area contributed by atoms with Crippen molar-refractivity contribution in [3.8, 4) is 0 Å². The number of halogens is 1. The van der Waals surface area contributed by atoms with Gasteiger partial charge >= 0.3 is 0 Å². The Bertz CT molecular complexity index is 200. The van der Waals surface area contributed by atoms with E-state index in [1.165, 1.54) is 12.1 Å². The molecule has 0 fully saturated rings. The molecule has 0 aliphatic rings. The fourth-order valence-electron chi connectivity index (χ4n) is 0.485. The average molecular weight is 187 g/mol. The molecular weight excluding hydrogens is 180 g/mol. The highest BCUT2D eigenvalue weighted by Crippen LogP contribution is 1.73. The molecule has 0 bridgehead atoms. The van der Waals surface area contributed by atoms with Crippen LogP contribution >= 0.6 is 17.0 Å². The number of rotatable bonds is 0. The molecule has 1 rings (SSSR count). The van der Waals surface area contributed by atoms with E-state index in [1.807, 2.05) is 12.1 Å². The van der Waals surface area contributed by atoms with E-state index in [9.17, 15) is 4.79 Å². The third-order valence-corrected chi connectivity index (χ3v) is 0.854. The first-order chi connectivity index (χ1) is 3.89. The summed E-state index contributed by atoms with van der Waals surface area (Å²) in [5, 5.41) is 0. The highest BCUT2D eigenvalue weighted by atomic mass is 79.9. The molecule has 0 saturated heterocycles. The van der Waals surface area contributed by atoms with Crippen LogP contribution in [0.25, 0.3) is 0 Å². The molecule has 1 aromatic carbocycles. The molecule has 0 aliphatic heterocycles. The Morgan fingerprint density at radius 2 is 1.33 bits per heavy atom. The first-order valence-electron chi connectivity index (χ1n) is 2.45. The third-order valence-electron chi connectivity index (χ3n) is 0.854. The fourth-order valence-corrected chi connectivity index (χ4v) is 0.485. The van der Waals surface area contributed by atoms with E-state index < -0.39 is 0 Å². The van der Waals surface area contributed by atoms with Crippen LogP contribution in [0.2, 0.25) is 0 Å². The van der Waals surface area contributed by atoms with Gasteiger partial charge in [0.15, 0.2) is 5.43 Å². The van der Waals surface area contributed by atoms with Gasteiger partial charge in [-0.15, -0.1) is 17.0 Å². The van der Waals surface area contributed by atoms with Crippen LogP contribution in [-0.4, -0.2) is 0 Å². The number of hydrogen-bond donors (Lipinski definition) is 0. The summed E-state index contributed by atoms with van der Waals surface area (Å²) in [6.45, 7) is 0. The maximum absolute atomic E-state index is 10.5. The molecular formula is C7H7BrO. The molecule has 0 heterocycles. The van der Waals surface area contributed by atoms with E-state index in [0.29, 0.717) is 0 Å². The van der Waals surface area contributed by atoms with Crippen molar-refractivity contribution in [3.05, 3.63) is 46.6 Å². The van der Waals surface area contributed by atoms with Crippen molar-refractivity contribution >= 4 is 17.0 Å². The molecule has 1 aromatic rings. The van der Waals surface area contributed by atoms with Crippen LogP contribution in [0.3, 0.4) is 0 Å². The van der Waals surface area contributed by atoms with Crippen LogP contribution in [0.15, 0.2) is 41.2 Å². The van der Waals surface area contributed by atoms with Crippen molar-refractivity contribution in [3.63, 3.8) is 0 Å². The van der Waals surface area contributed by atoms with Crippen molar-refractivity contribution in [2.75, 3.05) is 0 Å². The van der Waals surface area contributed by atoms with Crippen LogP contribution in [0.4, 0.5) is 0 Å². The van der Waals surface area contributed by atoms with Gasteiger partial charge in [0, 0.05) is 0 Å². The van der Waals surface area contributed by atoms with Crippen LogP contribution < -0.4 is 5.43 Å². The molecule has 0 saturated carbocycles. The van der Waals surface area contributed by atoms with Gasteiger partial charge in [-0.25, -0.2) is 0 Å². The summed E-state index contributed by atoms with van der Waals surface area (Å²) >= 11 is 0. The van der Waals surface area contributed by atoms with E-state index in [2.05, 4.69) is 0 Å².